The zero-order valence-corrected chi connectivity index (χ0v) is 15.9. The van der Waals surface area contributed by atoms with E-state index >= 15 is 0 Å². The molecular weight excluding hydrogens is 344 g/mol. The Morgan fingerprint density at radius 3 is 2.52 bits per heavy atom. The van der Waals surface area contributed by atoms with Crippen LogP contribution in [-0.2, 0) is 11.3 Å². The molecule has 0 radical (unpaired) electrons. The Labute approximate surface area is 159 Å². The number of hydrogen-bond acceptors (Lipinski definition) is 5. The third-order valence-electron chi connectivity index (χ3n) is 3.99. The minimum atomic E-state index is -0.155. The smallest absolute Gasteiger partial charge is 0.260 e. The molecule has 0 bridgehead atoms. The van der Waals surface area contributed by atoms with Gasteiger partial charge >= 0.3 is 0 Å². The third kappa shape index (κ3) is 5.38. The van der Waals surface area contributed by atoms with E-state index in [0.717, 1.165) is 5.56 Å². The first-order valence-corrected chi connectivity index (χ1v) is 8.82. The fraction of sp³-hybridized carbons (Fsp3) is 0.333. The lowest BCUT2D eigenvalue weighted by atomic mass is 10.2. The number of carbonyl (C=O) groups excluding carboxylic acids is 1. The number of nitriles is 1. The highest BCUT2D eigenvalue weighted by Gasteiger charge is 2.15. The summed E-state index contributed by atoms with van der Waals surface area (Å²) in [5.74, 6) is 1.57. The van der Waals surface area contributed by atoms with E-state index in [1.54, 1.807) is 36.3 Å². The molecule has 2 rings (SSSR count). The molecule has 142 valence electrons. The molecule has 0 aliphatic carbocycles. The minimum Gasteiger partial charge on any atom is -0.493 e. The number of benzene rings is 2. The fourth-order valence-electron chi connectivity index (χ4n) is 2.60. The van der Waals surface area contributed by atoms with Crippen molar-refractivity contribution in [3.8, 4) is 23.3 Å². The van der Waals surface area contributed by atoms with Crippen LogP contribution in [0.2, 0.25) is 0 Å². The van der Waals surface area contributed by atoms with Crippen LogP contribution in [0.1, 0.15) is 25.0 Å². The molecule has 0 saturated heterocycles. The Morgan fingerprint density at radius 2 is 1.85 bits per heavy atom. The molecule has 0 fully saturated rings. The van der Waals surface area contributed by atoms with Gasteiger partial charge < -0.3 is 19.1 Å². The molecule has 0 N–H and O–H groups in total. The predicted octanol–water partition coefficient (Wildman–Crippen LogP) is 3.39. The normalized spacial score (nSPS) is 10.0. The van der Waals surface area contributed by atoms with E-state index in [1.165, 1.54) is 0 Å². The molecule has 0 spiro atoms. The van der Waals surface area contributed by atoms with Crippen molar-refractivity contribution in [1.29, 1.82) is 5.26 Å². The van der Waals surface area contributed by atoms with Gasteiger partial charge in [0.1, 0.15) is 11.8 Å². The zero-order valence-electron chi connectivity index (χ0n) is 15.9. The van der Waals surface area contributed by atoms with Crippen molar-refractivity contribution in [1.82, 2.24) is 4.90 Å². The Kier molecular flexibility index (Phi) is 7.50. The number of rotatable bonds is 9. The van der Waals surface area contributed by atoms with E-state index in [9.17, 15) is 4.79 Å². The molecule has 6 heteroatoms. The van der Waals surface area contributed by atoms with Gasteiger partial charge in [-0.25, -0.2) is 0 Å². The van der Waals surface area contributed by atoms with E-state index in [4.69, 9.17) is 19.5 Å². The average Bonchev–Trinajstić information content (AvgIpc) is 2.71. The molecule has 0 aliphatic heterocycles. The third-order valence-corrected chi connectivity index (χ3v) is 3.99. The molecule has 27 heavy (non-hydrogen) atoms. The van der Waals surface area contributed by atoms with E-state index < -0.39 is 0 Å². The number of nitrogens with zero attached hydrogens (tertiary/aromatic N) is 2. The number of hydrogen-bond donors (Lipinski definition) is 0. The molecule has 0 atom stereocenters. The molecule has 0 saturated carbocycles. The zero-order chi connectivity index (χ0) is 19.6. The van der Waals surface area contributed by atoms with Gasteiger partial charge in [0.15, 0.2) is 18.1 Å². The first-order valence-electron chi connectivity index (χ1n) is 8.82. The second-order valence-corrected chi connectivity index (χ2v) is 5.72. The second-order valence-electron chi connectivity index (χ2n) is 5.72. The molecule has 0 heterocycles. The van der Waals surface area contributed by atoms with Gasteiger partial charge in [0.05, 0.1) is 19.3 Å². The van der Waals surface area contributed by atoms with Gasteiger partial charge in [-0.1, -0.05) is 18.2 Å². The topological polar surface area (TPSA) is 71.8 Å². The SMILES string of the molecule is CCOc1ccc(CN(CC)C(=O)COc2ccccc2C#N)cc1OC. The standard InChI is InChI=1S/C21H24N2O4/c1-4-23(14-16-10-11-19(26-5-2)20(12-16)25-3)21(24)15-27-18-9-7-6-8-17(18)13-22/h6-12H,4-5,14-15H2,1-3H3. The van der Waals surface area contributed by atoms with Crippen molar-refractivity contribution < 1.29 is 19.0 Å². The van der Waals surface area contributed by atoms with Crippen molar-refractivity contribution in [3.05, 3.63) is 53.6 Å². The van der Waals surface area contributed by atoms with Crippen LogP contribution in [0.15, 0.2) is 42.5 Å². The Hall–Kier alpha value is -3.20. The van der Waals surface area contributed by atoms with E-state index in [1.807, 2.05) is 32.0 Å². The largest absolute Gasteiger partial charge is 0.493 e. The monoisotopic (exact) mass is 368 g/mol. The lowest BCUT2D eigenvalue weighted by Crippen LogP contribution is -2.34. The maximum absolute atomic E-state index is 12.5. The first-order chi connectivity index (χ1) is 13.1. The fourth-order valence-corrected chi connectivity index (χ4v) is 2.60. The highest BCUT2D eigenvalue weighted by Crippen LogP contribution is 2.28. The van der Waals surface area contributed by atoms with Crippen molar-refractivity contribution in [2.45, 2.75) is 20.4 Å². The summed E-state index contributed by atoms with van der Waals surface area (Å²) in [6, 6.07) is 14.5. The van der Waals surface area contributed by atoms with Crippen LogP contribution in [0.5, 0.6) is 17.2 Å². The van der Waals surface area contributed by atoms with Gasteiger partial charge in [-0.2, -0.15) is 5.26 Å². The summed E-state index contributed by atoms with van der Waals surface area (Å²) in [4.78, 5) is 14.2. The molecule has 6 nitrogen and oxygen atoms in total. The van der Waals surface area contributed by atoms with Crippen molar-refractivity contribution in [2.24, 2.45) is 0 Å². The van der Waals surface area contributed by atoms with Crippen LogP contribution in [0.3, 0.4) is 0 Å². The summed E-state index contributed by atoms with van der Waals surface area (Å²) in [5.41, 5.74) is 1.34. The second kappa shape index (κ2) is 10.1. The van der Waals surface area contributed by atoms with Gasteiger partial charge in [-0.3, -0.25) is 4.79 Å². The summed E-state index contributed by atoms with van der Waals surface area (Å²) in [7, 11) is 1.59. The minimum absolute atomic E-state index is 0.124. The molecule has 0 unspecified atom stereocenters. The number of ether oxygens (including phenoxy) is 3. The van der Waals surface area contributed by atoms with Crippen molar-refractivity contribution in [2.75, 3.05) is 26.9 Å². The number of amides is 1. The van der Waals surface area contributed by atoms with E-state index in [2.05, 4.69) is 6.07 Å². The van der Waals surface area contributed by atoms with Gasteiger partial charge in [-0.15, -0.1) is 0 Å². The lowest BCUT2D eigenvalue weighted by molar-refractivity contribution is -0.133. The summed E-state index contributed by atoms with van der Waals surface area (Å²) in [5, 5.41) is 9.10. The predicted molar refractivity (Wildman–Crippen MR) is 102 cm³/mol. The summed E-state index contributed by atoms with van der Waals surface area (Å²) >= 11 is 0. The maximum Gasteiger partial charge on any atom is 0.260 e. The van der Waals surface area contributed by atoms with Crippen LogP contribution >= 0.6 is 0 Å². The van der Waals surface area contributed by atoms with Gasteiger partial charge in [0, 0.05) is 13.1 Å². The molecule has 0 aromatic heterocycles. The molecule has 2 aromatic rings. The van der Waals surface area contributed by atoms with Crippen LogP contribution in [0.4, 0.5) is 0 Å². The van der Waals surface area contributed by atoms with Crippen LogP contribution in [0.25, 0.3) is 0 Å². The molecule has 1 amide bonds. The number of carbonyl (C=O) groups is 1. The van der Waals surface area contributed by atoms with Crippen LogP contribution in [0, 0.1) is 11.3 Å². The molecular formula is C21H24N2O4. The van der Waals surface area contributed by atoms with Gasteiger partial charge in [0.25, 0.3) is 5.91 Å². The summed E-state index contributed by atoms with van der Waals surface area (Å²) in [6.45, 7) is 5.22. The Bertz CT molecular complexity index is 814. The molecule has 0 aliphatic rings. The lowest BCUT2D eigenvalue weighted by Gasteiger charge is -2.22. The quantitative estimate of drug-likeness (QED) is 0.678. The van der Waals surface area contributed by atoms with Crippen LogP contribution in [-0.4, -0.2) is 37.7 Å². The van der Waals surface area contributed by atoms with Crippen molar-refractivity contribution >= 4 is 5.91 Å². The highest BCUT2D eigenvalue weighted by atomic mass is 16.5. The van der Waals surface area contributed by atoms with Crippen molar-refractivity contribution in [3.63, 3.8) is 0 Å². The molecule has 2 aromatic carbocycles. The van der Waals surface area contributed by atoms with E-state index in [-0.39, 0.29) is 12.5 Å². The summed E-state index contributed by atoms with van der Waals surface area (Å²) in [6.07, 6.45) is 0. The number of likely N-dealkylation sites (N-methyl/N-ethyl adjacent to an activating group) is 1. The van der Waals surface area contributed by atoms with Gasteiger partial charge in [-0.05, 0) is 43.7 Å². The maximum atomic E-state index is 12.5. The average molecular weight is 368 g/mol. The van der Waals surface area contributed by atoms with Crippen LogP contribution < -0.4 is 14.2 Å². The first kappa shape index (κ1) is 20.1. The van der Waals surface area contributed by atoms with Gasteiger partial charge in [0.2, 0.25) is 0 Å². The Morgan fingerprint density at radius 1 is 1.07 bits per heavy atom. The summed E-state index contributed by atoms with van der Waals surface area (Å²) < 4.78 is 16.4. The Balaban J connectivity index is 2.04. The highest BCUT2D eigenvalue weighted by molar-refractivity contribution is 5.77. The number of methoxy groups -OCH3 is 1. The van der Waals surface area contributed by atoms with E-state index in [0.29, 0.717) is 42.5 Å². The number of para-hydroxylation sites is 1.